The number of halogens is 1. The van der Waals surface area contributed by atoms with Gasteiger partial charge in [0.05, 0.1) is 12.3 Å². The van der Waals surface area contributed by atoms with Crippen LogP contribution in [0.4, 0.5) is 4.39 Å². The summed E-state index contributed by atoms with van der Waals surface area (Å²) in [6.45, 7) is 3.37. The smallest absolute Gasteiger partial charge is 0.322 e. The van der Waals surface area contributed by atoms with Crippen LogP contribution in [0, 0.1) is 5.82 Å². The Morgan fingerprint density at radius 2 is 2.18 bits per heavy atom. The van der Waals surface area contributed by atoms with Crippen molar-refractivity contribution in [2.45, 2.75) is 26.2 Å². The summed E-state index contributed by atoms with van der Waals surface area (Å²) in [5.41, 5.74) is -0.169. The molecule has 0 fully saturated rings. The number of rotatable bonds is 5. The number of Topliss-reactive ketones (excluding diaryl/α,β-unsaturated/α-hetero) is 1. The lowest BCUT2D eigenvalue weighted by Gasteiger charge is -2.13. The summed E-state index contributed by atoms with van der Waals surface area (Å²) in [6.07, 6.45) is 1.47. The van der Waals surface area contributed by atoms with Gasteiger partial charge in [-0.3, -0.25) is 14.6 Å². The highest BCUT2D eigenvalue weighted by atomic mass is 19.1. The van der Waals surface area contributed by atoms with E-state index in [1.807, 2.05) is 0 Å². The molecule has 0 spiro atoms. The molecule has 1 unspecified atom stereocenters. The van der Waals surface area contributed by atoms with Crippen molar-refractivity contribution < 1.29 is 18.7 Å². The van der Waals surface area contributed by atoms with Gasteiger partial charge in [-0.05, 0) is 19.1 Å². The van der Waals surface area contributed by atoms with E-state index in [0.29, 0.717) is 0 Å². The molecule has 0 aliphatic rings. The first-order chi connectivity index (χ1) is 8.11. The molecule has 0 radical (unpaired) electrons. The van der Waals surface area contributed by atoms with Gasteiger partial charge < -0.3 is 4.74 Å². The number of carbonyl (C=O) groups is 2. The lowest BCUT2D eigenvalue weighted by Crippen LogP contribution is -2.25. The van der Waals surface area contributed by atoms with Crippen LogP contribution in [0.5, 0.6) is 0 Å². The van der Waals surface area contributed by atoms with Crippen LogP contribution in [0.15, 0.2) is 18.3 Å². The fourth-order valence-electron chi connectivity index (χ4n) is 1.44. The third-order valence-electron chi connectivity index (χ3n) is 2.25. The molecule has 0 amide bonds. The first kappa shape index (κ1) is 13.3. The molecule has 4 nitrogen and oxygen atoms in total. The third-order valence-corrected chi connectivity index (χ3v) is 2.25. The number of ether oxygens (including phenoxy) is 1. The highest BCUT2D eigenvalue weighted by Gasteiger charge is 2.32. The monoisotopic (exact) mass is 239 g/mol. The molecule has 1 rings (SSSR count). The van der Waals surface area contributed by atoms with E-state index < -0.39 is 23.5 Å². The van der Waals surface area contributed by atoms with Crippen molar-refractivity contribution in [2.75, 3.05) is 6.61 Å². The Morgan fingerprint density at radius 1 is 1.47 bits per heavy atom. The predicted octanol–water partition coefficient (Wildman–Crippen LogP) is 1.85. The number of carbonyl (C=O) groups excluding carboxylic acids is 2. The maximum Gasteiger partial charge on any atom is 0.322 e. The van der Waals surface area contributed by atoms with Crippen LogP contribution < -0.4 is 0 Å². The Hall–Kier alpha value is -1.78. The second-order valence-electron chi connectivity index (χ2n) is 3.38. The van der Waals surface area contributed by atoms with Crippen molar-refractivity contribution >= 4 is 11.8 Å². The zero-order valence-electron chi connectivity index (χ0n) is 9.77. The van der Waals surface area contributed by atoms with E-state index >= 15 is 0 Å². The maximum atomic E-state index is 13.5. The summed E-state index contributed by atoms with van der Waals surface area (Å²) in [7, 11) is 0. The average molecular weight is 239 g/mol. The minimum absolute atomic E-state index is 0.124. The standard InChI is InChI=1S/C12H14FNO3/c1-3-9(15)10(12(16)17-4-2)11-8(13)6-5-7-14-11/h5-7,10H,3-4H2,1-2H3. The number of ketones is 1. The molecule has 0 aromatic carbocycles. The van der Waals surface area contributed by atoms with E-state index in [4.69, 9.17) is 4.74 Å². The number of pyridine rings is 1. The second kappa shape index (κ2) is 6.08. The molecule has 0 aliphatic carbocycles. The Morgan fingerprint density at radius 3 is 2.71 bits per heavy atom. The number of esters is 1. The van der Waals surface area contributed by atoms with Gasteiger partial charge in [-0.1, -0.05) is 6.92 Å². The summed E-state index contributed by atoms with van der Waals surface area (Å²) in [5, 5.41) is 0. The lowest BCUT2D eigenvalue weighted by molar-refractivity contribution is -0.148. The normalized spacial score (nSPS) is 11.9. The SMILES string of the molecule is CCOC(=O)C(C(=O)CC)c1ncccc1F. The van der Waals surface area contributed by atoms with Crippen LogP contribution in [0.25, 0.3) is 0 Å². The van der Waals surface area contributed by atoms with Crippen molar-refractivity contribution in [2.24, 2.45) is 0 Å². The fraction of sp³-hybridized carbons (Fsp3) is 0.417. The number of aromatic nitrogens is 1. The molecular formula is C12H14FNO3. The van der Waals surface area contributed by atoms with Crippen LogP contribution in [0.3, 0.4) is 0 Å². The third kappa shape index (κ3) is 3.09. The zero-order chi connectivity index (χ0) is 12.8. The molecule has 1 aromatic rings. The number of nitrogens with zero attached hydrogens (tertiary/aromatic N) is 1. The molecular weight excluding hydrogens is 225 g/mol. The molecule has 0 saturated heterocycles. The van der Waals surface area contributed by atoms with Crippen LogP contribution in [0.1, 0.15) is 31.9 Å². The Kier molecular flexibility index (Phi) is 4.75. The Labute approximate surface area is 98.8 Å². The van der Waals surface area contributed by atoms with Gasteiger partial charge >= 0.3 is 5.97 Å². The molecule has 5 heteroatoms. The predicted molar refractivity (Wildman–Crippen MR) is 58.9 cm³/mol. The molecule has 17 heavy (non-hydrogen) atoms. The van der Waals surface area contributed by atoms with Gasteiger partial charge in [0.2, 0.25) is 0 Å². The van der Waals surface area contributed by atoms with E-state index in [-0.39, 0.29) is 18.7 Å². The largest absolute Gasteiger partial charge is 0.465 e. The van der Waals surface area contributed by atoms with Crippen molar-refractivity contribution in [3.05, 3.63) is 29.8 Å². The summed E-state index contributed by atoms with van der Waals surface area (Å²) in [5.74, 6) is -3.09. The molecule has 0 aliphatic heterocycles. The first-order valence-corrected chi connectivity index (χ1v) is 5.41. The molecule has 0 N–H and O–H groups in total. The molecule has 92 valence electrons. The minimum atomic E-state index is -1.26. The first-order valence-electron chi connectivity index (χ1n) is 5.41. The van der Waals surface area contributed by atoms with Crippen molar-refractivity contribution in [1.82, 2.24) is 4.98 Å². The van der Waals surface area contributed by atoms with Crippen molar-refractivity contribution in [1.29, 1.82) is 0 Å². The van der Waals surface area contributed by atoms with E-state index in [1.165, 1.54) is 12.3 Å². The van der Waals surface area contributed by atoms with Crippen LogP contribution in [0.2, 0.25) is 0 Å². The maximum absolute atomic E-state index is 13.5. The van der Waals surface area contributed by atoms with Gasteiger partial charge in [0.1, 0.15) is 5.82 Å². The van der Waals surface area contributed by atoms with Crippen molar-refractivity contribution in [3.8, 4) is 0 Å². The highest BCUT2D eigenvalue weighted by molar-refractivity contribution is 6.04. The van der Waals surface area contributed by atoms with Crippen LogP contribution in [-0.4, -0.2) is 23.3 Å². The molecule has 1 heterocycles. The van der Waals surface area contributed by atoms with Gasteiger partial charge in [0.15, 0.2) is 11.7 Å². The van der Waals surface area contributed by atoms with Crippen LogP contribution in [-0.2, 0) is 14.3 Å². The van der Waals surface area contributed by atoms with Gasteiger partial charge in [-0.2, -0.15) is 0 Å². The van der Waals surface area contributed by atoms with Gasteiger partial charge in [-0.15, -0.1) is 0 Å². The summed E-state index contributed by atoms with van der Waals surface area (Å²) in [6, 6.07) is 2.56. The van der Waals surface area contributed by atoms with E-state index in [1.54, 1.807) is 13.8 Å². The molecule has 0 saturated carbocycles. The number of hydrogen-bond donors (Lipinski definition) is 0. The lowest BCUT2D eigenvalue weighted by atomic mass is 9.97. The van der Waals surface area contributed by atoms with Crippen molar-refractivity contribution in [3.63, 3.8) is 0 Å². The topological polar surface area (TPSA) is 56.3 Å². The molecule has 1 atom stereocenters. The van der Waals surface area contributed by atoms with Gasteiger partial charge in [0, 0.05) is 12.6 Å². The number of hydrogen-bond acceptors (Lipinski definition) is 4. The van der Waals surface area contributed by atoms with Gasteiger partial charge in [-0.25, -0.2) is 4.39 Å². The Balaban J connectivity index is 3.11. The second-order valence-corrected chi connectivity index (χ2v) is 3.38. The highest BCUT2D eigenvalue weighted by Crippen LogP contribution is 2.20. The quantitative estimate of drug-likeness (QED) is 0.581. The van der Waals surface area contributed by atoms with E-state index in [0.717, 1.165) is 6.07 Å². The summed E-state index contributed by atoms with van der Waals surface area (Å²) < 4.78 is 18.3. The summed E-state index contributed by atoms with van der Waals surface area (Å²) in [4.78, 5) is 27.1. The van der Waals surface area contributed by atoms with Crippen LogP contribution >= 0.6 is 0 Å². The summed E-state index contributed by atoms with van der Waals surface area (Å²) >= 11 is 0. The minimum Gasteiger partial charge on any atom is -0.465 e. The van der Waals surface area contributed by atoms with E-state index in [2.05, 4.69) is 4.98 Å². The molecule has 1 aromatic heterocycles. The zero-order valence-corrected chi connectivity index (χ0v) is 9.77. The fourth-order valence-corrected chi connectivity index (χ4v) is 1.44. The molecule has 0 bridgehead atoms. The average Bonchev–Trinajstić information content (AvgIpc) is 2.32. The van der Waals surface area contributed by atoms with E-state index in [9.17, 15) is 14.0 Å². The Bertz CT molecular complexity index is 420. The van der Waals surface area contributed by atoms with Gasteiger partial charge in [0.25, 0.3) is 0 Å².